The van der Waals surface area contributed by atoms with Crippen molar-refractivity contribution in [1.29, 1.82) is 0 Å². The van der Waals surface area contributed by atoms with E-state index in [2.05, 4.69) is 31.3 Å². The Morgan fingerprint density at radius 1 is 1.16 bits per heavy atom. The Balaban J connectivity index is 2.82. The van der Waals surface area contributed by atoms with Gasteiger partial charge in [-0.15, -0.1) is 0 Å². The van der Waals surface area contributed by atoms with Crippen molar-refractivity contribution in [3.05, 3.63) is 29.8 Å². The van der Waals surface area contributed by atoms with Crippen LogP contribution in [0.3, 0.4) is 0 Å². The summed E-state index contributed by atoms with van der Waals surface area (Å²) in [6.07, 6.45) is 0.705. The summed E-state index contributed by atoms with van der Waals surface area (Å²) in [7, 11) is 1.68. The van der Waals surface area contributed by atoms with Crippen molar-refractivity contribution in [2.75, 3.05) is 7.05 Å². The van der Waals surface area contributed by atoms with Gasteiger partial charge in [0.05, 0.1) is 6.10 Å². The van der Waals surface area contributed by atoms with Crippen molar-refractivity contribution in [3.8, 4) is 5.75 Å². The molecule has 1 atom stereocenters. The van der Waals surface area contributed by atoms with Crippen LogP contribution in [0.4, 0.5) is 0 Å². The van der Waals surface area contributed by atoms with Crippen molar-refractivity contribution in [3.63, 3.8) is 0 Å². The van der Waals surface area contributed by atoms with Crippen molar-refractivity contribution < 1.29 is 9.53 Å². The first kappa shape index (κ1) is 15.5. The Kier molecular flexibility index (Phi) is 5.87. The van der Waals surface area contributed by atoms with Gasteiger partial charge in [0.1, 0.15) is 5.75 Å². The van der Waals surface area contributed by atoms with Crippen LogP contribution in [0, 0.1) is 5.92 Å². The van der Waals surface area contributed by atoms with Crippen LogP contribution in [0.25, 0.3) is 0 Å². The first-order valence-corrected chi connectivity index (χ1v) is 6.91. The maximum absolute atomic E-state index is 11.6. The molecule has 0 aliphatic carbocycles. The van der Waals surface area contributed by atoms with Gasteiger partial charge in [0, 0.05) is 13.5 Å². The monoisotopic (exact) mass is 263 g/mol. The van der Waals surface area contributed by atoms with Crippen molar-refractivity contribution in [2.24, 2.45) is 5.92 Å². The van der Waals surface area contributed by atoms with Gasteiger partial charge in [0.25, 0.3) is 0 Å². The summed E-state index contributed by atoms with van der Waals surface area (Å²) in [5, 5.41) is 2.69. The first-order chi connectivity index (χ1) is 8.93. The largest absolute Gasteiger partial charge is 0.491 e. The zero-order valence-corrected chi connectivity index (χ0v) is 12.6. The van der Waals surface area contributed by atoms with E-state index >= 15 is 0 Å². The van der Waals surface area contributed by atoms with Crippen molar-refractivity contribution >= 4 is 5.91 Å². The van der Waals surface area contributed by atoms with Gasteiger partial charge in [-0.25, -0.2) is 0 Å². The summed E-state index contributed by atoms with van der Waals surface area (Å²) in [6.45, 7) is 8.31. The number of carbonyl (C=O) groups is 1. The lowest BCUT2D eigenvalue weighted by atomic mass is 9.85. The smallest absolute Gasteiger partial charge is 0.220 e. The highest BCUT2D eigenvalue weighted by Crippen LogP contribution is 2.29. The van der Waals surface area contributed by atoms with E-state index < -0.39 is 0 Å². The zero-order valence-electron chi connectivity index (χ0n) is 12.6. The third-order valence-corrected chi connectivity index (χ3v) is 3.17. The summed E-state index contributed by atoms with van der Waals surface area (Å²) < 4.78 is 5.63. The van der Waals surface area contributed by atoms with Crippen LogP contribution in [0.15, 0.2) is 24.3 Å². The summed E-state index contributed by atoms with van der Waals surface area (Å²) in [5.74, 6) is 1.63. The quantitative estimate of drug-likeness (QED) is 0.854. The maximum atomic E-state index is 11.6. The molecule has 1 amide bonds. The molecule has 1 aromatic carbocycles. The fraction of sp³-hybridized carbons (Fsp3) is 0.562. The SMILES string of the molecule is CNC(=O)CC(c1ccc(OC(C)C)cc1)C(C)C. The van der Waals surface area contributed by atoms with Crippen LogP contribution in [0.1, 0.15) is 45.6 Å². The van der Waals surface area contributed by atoms with Gasteiger partial charge in [-0.05, 0) is 43.4 Å². The Labute approximate surface area is 116 Å². The molecule has 0 spiro atoms. The number of amides is 1. The Hall–Kier alpha value is -1.51. The molecule has 3 heteroatoms. The molecule has 1 N–H and O–H groups in total. The highest BCUT2D eigenvalue weighted by molar-refractivity contribution is 5.76. The van der Waals surface area contributed by atoms with E-state index in [9.17, 15) is 4.79 Å². The molecule has 0 radical (unpaired) electrons. The summed E-state index contributed by atoms with van der Waals surface area (Å²) in [4.78, 5) is 11.6. The standard InChI is InChI=1S/C16H25NO2/c1-11(2)15(10-16(18)17-5)13-6-8-14(9-7-13)19-12(3)4/h6-9,11-12,15H,10H2,1-5H3,(H,17,18). The minimum atomic E-state index is 0.0845. The Morgan fingerprint density at radius 3 is 2.16 bits per heavy atom. The van der Waals surface area contributed by atoms with E-state index in [0.717, 1.165) is 5.75 Å². The molecule has 0 aliphatic rings. The minimum absolute atomic E-state index is 0.0845. The Morgan fingerprint density at radius 2 is 1.74 bits per heavy atom. The number of rotatable bonds is 6. The van der Waals surface area contributed by atoms with Gasteiger partial charge in [-0.2, -0.15) is 0 Å². The second-order valence-electron chi connectivity index (χ2n) is 5.46. The van der Waals surface area contributed by atoms with Crippen LogP contribution in [-0.2, 0) is 4.79 Å². The van der Waals surface area contributed by atoms with Gasteiger partial charge in [-0.3, -0.25) is 4.79 Å². The van der Waals surface area contributed by atoms with Gasteiger partial charge in [0.15, 0.2) is 0 Å². The van der Waals surface area contributed by atoms with E-state index in [1.54, 1.807) is 7.05 Å². The molecular formula is C16H25NO2. The van der Waals surface area contributed by atoms with E-state index in [-0.39, 0.29) is 17.9 Å². The normalized spacial score (nSPS) is 12.6. The van der Waals surface area contributed by atoms with Gasteiger partial charge in [-0.1, -0.05) is 26.0 Å². The average Bonchev–Trinajstić information content (AvgIpc) is 2.35. The lowest BCUT2D eigenvalue weighted by Crippen LogP contribution is -2.22. The van der Waals surface area contributed by atoms with Crippen LogP contribution in [0.5, 0.6) is 5.75 Å². The second kappa shape index (κ2) is 7.17. The fourth-order valence-corrected chi connectivity index (χ4v) is 2.11. The average molecular weight is 263 g/mol. The van der Waals surface area contributed by atoms with E-state index in [4.69, 9.17) is 4.74 Å². The lowest BCUT2D eigenvalue weighted by Gasteiger charge is -2.21. The number of benzene rings is 1. The lowest BCUT2D eigenvalue weighted by molar-refractivity contribution is -0.121. The fourth-order valence-electron chi connectivity index (χ4n) is 2.11. The summed E-state index contributed by atoms with van der Waals surface area (Å²) in [5.41, 5.74) is 1.19. The van der Waals surface area contributed by atoms with E-state index in [1.165, 1.54) is 5.56 Å². The molecule has 3 nitrogen and oxygen atoms in total. The van der Waals surface area contributed by atoms with Crippen molar-refractivity contribution in [1.82, 2.24) is 5.32 Å². The van der Waals surface area contributed by atoms with Crippen LogP contribution >= 0.6 is 0 Å². The van der Waals surface area contributed by atoms with Gasteiger partial charge >= 0.3 is 0 Å². The molecular weight excluding hydrogens is 238 g/mol. The second-order valence-corrected chi connectivity index (χ2v) is 5.46. The predicted octanol–water partition coefficient (Wildman–Crippen LogP) is 3.35. The van der Waals surface area contributed by atoms with Crippen LogP contribution in [0.2, 0.25) is 0 Å². The number of ether oxygens (including phenoxy) is 1. The molecule has 0 saturated carbocycles. The predicted molar refractivity (Wildman–Crippen MR) is 78.5 cm³/mol. The molecule has 19 heavy (non-hydrogen) atoms. The first-order valence-electron chi connectivity index (χ1n) is 6.91. The number of nitrogens with one attached hydrogen (secondary N) is 1. The summed E-state index contributed by atoms with van der Waals surface area (Å²) >= 11 is 0. The van der Waals surface area contributed by atoms with Crippen LogP contribution < -0.4 is 10.1 Å². The molecule has 106 valence electrons. The molecule has 0 aliphatic heterocycles. The molecule has 0 bridgehead atoms. The molecule has 0 fully saturated rings. The maximum Gasteiger partial charge on any atom is 0.220 e. The molecule has 0 heterocycles. The molecule has 0 aromatic heterocycles. The number of carbonyl (C=O) groups excluding carboxylic acids is 1. The molecule has 1 aromatic rings. The van der Waals surface area contributed by atoms with E-state index in [0.29, 0.717) is 12.3 Å². The molecule has 1 unspecified atom stereocenters. The summed E-state index contributed by atoms with van der Waals surface area (Å²) in [6, 6.07) is 8.08. The Bertz CT molecular complexity index is 396. The topological polar surface area (TPSA) is 38.3 Å². The molecule has 0 saturated heterocycles. The third kappa shape index (κ3) is 4.93. The van der Waals surface area contributed by atoms with Crippen LogP contribution in [-0.4, -0.2) is 19.1 Å². The van der Waals surface area contributed by atoms with Gasteiger partial charge in [0.2, 0.25) is 5.91 Å². The number of hydrogen-bond acceptors (Lipinski definition) is 2. The minimum Gasteiger partial charge on any atom is -0.491 e. The zero-order chi connectivity index (χ0) is 14.4. The molecule has 1 rings (SSSR count). The highest BCUT2D eigenvalue weighted by atomic mass is 16.5. The number of hydrogen-bond donors (Lipinski definition) is 1. The van der Waals surface area contributed by atoms with Crippen molar-refractivity contribution in [2.45, 2.75) is 46.1 Å². The highest BCUT2D eigenvalue weighted by Gasteiger charge is 2.19. The van der Waals surface area contributed by atoms with Gasteiger partial charge < -0.3 is 10.1 Å². The third-order valence-electron chi connectivity index (χ3n) is 3.17. The van der Waals surface area contributed by atoms with E-state index in [1.807, 2.05) is 26.0 Å².